The molecule has 1 saturated heterocycles. The maximum atomic E-state index is 9.64. The van der Waals surface area contributed by atoms with E-state index < -0.39 is 0 Å². The number of para-hydroxylation sites is 1. The van der Waals surface area contributed by atoms with Crippen LogP contribution in [0.5, 0.6) is 0 Å². The third-order valence-corrected chi connectivity index (χ3v) is 4.51. The van der Waals surface area contributed by atoms with E-state index in [1.807, 2.05) is 6.07 Å². The summed E-state index contributed by atoms with van der Waals surface area (Å²) in [5, 5.41) is 10.9. The quantitative estimate of drug-likeness (QED) is 0.925. The summed E-state index contributed by atoms with van der Waals surface area (Å²) >= 11 is 0. The Hall–Kier alpha value is -1.79. The van der Waals surface area contributed by atoms with E-state index in [1.54, 1.807) is 0 Å². The smallest absolute Gasteiger partial charge is 0.0669 e. The summed E-state index contributed by atoms with van der Waals surface area (Å²) in [5.41, 5.74) is 3.42. The molecule has 1 N–H and O–H groups in total. The molecule has 2 aromatic rings. The molecule has 3 heteroatoms. The number of H-pyrrole nitrogens is 1. The van der Waals surface area contributed by atoms with Crippen LogP contribution in [0.2, 0.25) is 0 Å². The van der Waals surface area contributed by atoms with E-state index in [1.165, 1.54) is 10.9 Å². The van der Waals surface area contributed by atoms with Crippen molar-refractivity contribution in [2.24, 2.45) is 11.8 Å². The molecule has 1 fully saturated rings. The summed E-state index contributed by atoms with van der Waals surface area (Å²) in [6, 6.07) is 10.9. The standard InChI is InChI=1S/C17H20N2O/c1-11(2)14(8-18)17(9-20-10-17)16-12(3)19-15-7-5-4-6-13(15)16/h4-7,11,14,19H,9-10H2,1-3H3. The van der Waals surface area contributed by atoms with Gasteiger partial charge in [0.2, 0.25) is 0 Å². The third kappa shape index (κ3) is 1.68. The molecular weight excluding hydrogens is 248 g/mol. The van der Waals surface area contributed by atoms with E-state index in [2.05, 4.69) is 50.0 Å². The zero-order valence-corrected chi connectivity index (χ0v) is 12.2. The molecule has 0 aliphatic carbocycles. The third-order valence-electron chi connectivity index (χ3n) is 4.51. The number of aromatic nitrogens is 1. The molecule has 2 heterocycles. The number of nitrogens with zero attached hydrogens (tertiary/aromatic N) is 1. The van der Waals surface area contributed by atoms with Crippen LogP contribution in [-0.2, 0) is 10.2 Å². The molecule has 0 spiro atoms. The van der Waals surface area contributed by atoms with E-state index >= 15 is 0 Å². The average Bonchev–Trinajstić information content (AvgIpc) is 2.69. The number of fused-ring (bicyclic) bond motifs is 1. The molecule has 104 valence electrons. The first-order valence-corrected chi connectivity index (χ1v) is 7.15. The molecule has 0 saturated carbocycles. The minimum absolute atomic E-state index is 0.0193. The van der Waals surface area contributed by atoms with E-state index in [-0.39, 0.29) is 11.3 Å². The molecule has 3 rings (SSSR count). The summed E-state index contributed by atoms with van der Waals surface area (Å²) in [6.45, 7) is 7.64. The fraction of sp³-hybridized carbons (Fsp3) is 0.471. The highest BCUT2D eigenvalue weighted by Crippen LogP contribution is 2.46. The molecule has 1 aliphatic heterocycles. The Morgan fingerprint density at radius 3 is 2.55 bits per heavy atom. The minimum Gasteiger partial charge on any atom is -0.379 e. The number of hydrogen-bond donors (Lipinski definition) is 1. The Morgan fingerprint density at radius 2 is 2.00 bits per heavy atom. The molecule has 1 aromatic carbocycles. The normalized spacial score (nSPS) is 18.8. The van der Waals surface area contributed by atoms with Gasteiger partial charge in [-0.2, -0.15) is 5.26 Å². The lowest BCUT2D eigenvalue weighted by molar-refractivity contribution is -0.0872. The van der Waals surface area contributed by atoms with Gasteiger partial charge in [-0.1, -0.05) is 32.0 Å². The fourth-order valence-electron chi connectivity index (χ4n) is 3.63. The maximum Gasteiger partial charge on any atom is 0.0669 e. The van der Waals surface area contributed by atoms with Gasteiger partial charge in [0.05, 0.1) is 30.6 Å². The predicted octanol–water partition coefficient (Wildman–Crippen LogP) is 3.54. The zero-order valence-electron chi connectivity index (χ0n) is 12.2. The minimum atomic E-state index is -0.160. The van der Waals surface area contributed by atoms with Gasteiger partial charge < -0.3 is 9.72 Å². The highest BCUT2D eigenvalue weighted by atomic mass is 16.5. The van der Waals surface area contributed by atoms with Gasteiger partial charge in [-0.05, 0) is 24.5 Å². The van der Waals surface area contributed by atoms with Crippen LogP contribution in [0, 0.1) is 30.1 Å². The Bertz CT molecular complexity index is 674. The van der Waals surface area contributed by atoms with Crippen LogP contribution in [0.1, 0.15) is 25.1 Å². The molecule has 1 unspecified atom stereocenters. The number of nitriles is 1. The SMILES string of the molecule is Cc1[nH]c2ccccc2c1C1(C(C#N)C(C)C)COC1. The second-order valence-corrected chi connectivity index (χ2v) is 6.17. The van der Waals surface area contributed by atoms with Crippen molar-refractivity contribution in [2.75, 3.05) is 13.2 Å². The van der Waals surface area contributed by atoms with Crippen molar-refractivity contribution in [1.82, 2.24) is 4.98 Å². The van der Waals surface area contributed by atoms with Gasteiger partial charge in [-0.15, -0.1) is 0 Å². The summed E-state index contributed by atoms with van der Waals surface area (Å²) in [4.78, 5) is 3.45. The Kier molecular flexibility index (Phi) is 3.07. The van der Waals surface area contributed by atoms with Crippen LogP contribution in [0.25, 0.3) is 10.9 Å². The number of rotatable bonds is 3. The first-order valence-electron chi connectivity index (χ1n) is 7.15. The number of aromatic amines is 1. The Labute approximate surface area is 119 Å². The van der Waals surface area contributed by atoms with E-state index in [0.29, 0.717) is 19.1 Å². The van der Waals surface area contributed by atoms with Crippen molar-refractivity contribution in [3.05, 3.63) is 35.5 Å². The van der Waals surface area contributed by atoms with Crippen LogP contribution < -0.4 is 0 Å². The maximum absolute atomic E-state index is 9.64. The fourth-order valence-corrected chi connectivity index (χ4v) is 3.63. The monoisotopic (exact) mass is 268 g/mol. The van der Waals surface area contributed by atoms with E-state index in [9.17, 15) is 5.26 Å². The highest BCUT2D eigenvalue weighted by molar-refractivity contribution is 5.86. The van der Waals surface area contributed by atoms with Crippen molar-refractivity contribution < 1.29 is 4.74 Å². The summed E-state index contributed by atoms with van der Waals surface area (Å²) < 4.78 is 5.53. The lowest BCUT2D eigenvalue weighted by Gasteiger charge is -2.46. The highest BCUT2D eigenvalue weighted by Gasteiger charge is 2.50. The van der Waals surface area contributed by atoms with Crippen LogP contribution >= 0.6 is 0 Å². The number of nitrogens with one attached hydrogen (secondary N) is 1. The van der Waals surface area contributed by atoms with Gasteiger partial charge in [0, 0.05) is 16.6 Å². The van der Waals surface area contributed by atoms with Crippen molar-refractivity contribution >= 4 is 10.9 Å². The topological polar surface area (TPSA) is 48.8 Å². The average molecular weight is 268 g/mol. The summed E-state index contributed by atoms with van der Waals surface area (Å²) in [6.07, 6.45) is 0. The second kappa shape index (κ2) is 4.64. The molecule has 3 nitrogen and oxygen atoms in total. The molecule has 1 atom stereocenters. The van der Waals surface area contributed by atoms with Crippen molar-refractivity contribution in [1.29, 1.82) is 5.26 Å². The van der Waals surface area contributed by atoms with Gasteiger partial charge in [-0.25, -0.2) is 0 Å². The summed E-state index contributed by atoms with van der Waals surface area (Å²) in [7, 11) is 0. The second-order valence-electron chi connectivity index (χ2n) is 6.17. The van der Waals surface area contributed by atoms with Gasteiger partial charge in [0.25, 0.3) is 0 Å². The van der Waals surface area contributed by atoms with E-state index in [0.717, 1.165) is 11.2 Å². The van der Waals surface area contributed by atoms with Gasteiger partial charge >= 0.3 is 0 Å². The molecule has 0 radical (unpaired) electrons. The van der Waals surface area contributed by atoms with Crippen LogP contribution in [0.15, 0.2) is 24.3 Å². The van der Waals surface area contributed by atoms with Crippen molar-refractivity contribution in [3.63, 3.8) is 0 Å². The molecule has 1 aromatic heterocycles. The van der Waals surface area contributed by atoms with Crippen LogP contribution in [0.3, 0.4) is 0 Å². The summed E-state index contributed by atoms with van der Waals surface area (Å²) in [5.74, 6) is 0.297. The molecular formula is C17H20N2O. The van der Waals surface area contributed by atoms with E-state index in [4.69, 9.17) is 4.74 Å². The molecule has 1 aliphatic rings. The Morgan fingerprint density at radius 1 is 1.30 bits per heavy atom. The number of benzene rings is 1. The lowest BCUT2D eigenvalue weighted by atomic mass is 9.64. The van der Waals surface area contributed by atoms with Crippen LogP contribution in [-0.4, -0.2) is 18.2 Å². The first-order chi connectivity index (χ1) is 9.60. The first kappa shape index (κ1) is 13.2. The van der Waals surface area contributed by atoms with Gasteiger partial charge in [0.15, 0.2) is 0 Å². The molecule has 0 amide bonds. The van der Waals surface area contributed by atoms with Crippen molar-refractivity contribution in [3.8, 4) is 6.07 Å². The zero-order chi connectivity index (χ0) is 14.3. The van der Waals surface area contributed by atoms with Gasteiger partial charge in [0.1, 0.15) is 0 Å². The number of ether oxygens (including phenoxy) is 1. The number of aryl methyl sites for hydroxylation is 1. The molecule has 20 heavy (non-hydrogen) atoms. The lowest BCUT2D eigenvalue weighted by Crippen LogP contribution is -2.53. The predicted molar refractivity (Wildman–Crippen MR) is 79.5 cm³/mol. The Balaban J connectivity index is 2.22. The van der Waals surface area contributed by atoms with Crippen molar-refractivity contribution in [2.45, 2.75) is 26.2 Å². The largest absolute Gasteiger partial charge is 0.379 e. The van der Waals surface area contributed by atoms with Crippen LogP contribution in [0.4, 0.5) is 0 Å². The van der Waals surface area contributed by atoms with Gasteiger partial charge in [-0.3, -0.25) is 0 Å². The number of hydrogen-bond acceptors (Lipinski definition) is 2. The molecule has 0 bridgehead atoms.